The Morgan fingerprint density at radius 2 is 1.74 bits per heavy atom. The molecule has 0 radical (unpaired) electrons. The third-order valence-corrected chi connectivity index (χ3v) is 4.62. The first kappa shape index (κ1) is 12.6. The maximum absolute atomic E-state index is 13.4. The van der Waals surface area contributed by atoms with Crippen LogP contribution in [0.3, 0.4) is 0 Å². The predicted octanol–water partition coefficient (Wildman–Crippen LogP) is 3.95. The van der Waals surface area contributed by atoms with Crippen molar-refractivity contribution in [3.8, 4) is 0 Å². The summed E-state index contributed by atoms with van der Waals surface area (Å²) in [6.07, 6.45) is 2.38. The van der Waals surface area contributed by atoms with E-state index in [1.54, 1.807) is 0 Å². The summed E-state index contributed by atoms with van der Waals surface area (Å²) in [6.45, 7) is 0.609. The zero-order chi connectivity index (χ0) is 13.3. The van der Waals surface area contributed by atoms with Gasteiger partial charge in [-0.1, -0.05) is 42.5 Å². The van der Waals surface area contributed by atoms with Gasteiger partial charge >= 0.3 is 0 Å². The minimum atomic E-state index is -0.639. The SMILES string of the molecule is NC[C@]1(c2ccc3ccccc3c2)CC[C@H](F)CC1. The second kappa shape index (κ2) is 4.93. The van der Waals surface area contributed by atoms with Gasteiger partial charge in [0.25, 0.3) is 0 Å². The minimum Gasteiger partial charge on any atom is -0.330 e. The lowest BCUT2D eigenvalue weighted by Gasteiger charge is -2.38. The first-order valence-corrected chi connectivity index (χ1v) is 7.07. The molecule has 0 unspecified atom stereocenters. The Hall–Kier alpha value is -1.41. The van der Waals surface area contributed by atoms with E-state index < -0.39 is 6.17 Å². The third kappa shape index (κ3) is 2.25. The Morgan fingerprint density at radius 3 is 2.42 bits per heavy atom. The first-order chi connectivity index (χ1) is 9.23. The van der Waals surface area contributed by atoms with Crippen molar-refractivity contribution in [3.63, 3.8) is 0 Å². The van der Waals surface area contributed by atoms with Crippen LogP contribution in [-0.2, 0) is 5.41 Å². The molecule has 1 saturated carbocycles. The number of nitrogens with two attached hydrogens (primary N) is 1. The van der Waals surface area contributed by atoms with E-state index in [0.29, 0.717) is 19.4 Å². The highest BCUT2D eigenvalue weighted by molar-refractivity contribution is 5.83. The van der Waals surface area contributed by atoms with Gasteiger partial charge in [-0.25, -0.2) is 4.39 Å². The first-order valence-electron chi connectivity index (χ1n) is 7.07. The molecular weight excluding hydrogens is 237 g/mol. The fraction of sp³-hybridized carbons (Fsp3) is 0.412. The van der Waals surface area contributed by atoms with Crippen molar-refractivity contribution in [3.05, 3.63) is 48.0 Å². The standard InChI is InChI=1S/C17H20FN/c18-16-7-9-17(12-19,10-8-16)15-6-5-13-3-1-2-4-14(13)11-15/h1-6,11,16H,7-10,12,19H2/t16-,17-. The molecule has 0 heterocycles. The lowest BCUT2D eigenvalue weighted by atomic mass is 9.69. The van der Waals surface area contributed by atoms with Gasteiger partial charge in [-0.3, -0.25) is 0 Å². The van der Waals surface area contributed by atoms with Crippen molar-refractivity contribution in [2.45, 2.75) is 37.3 Å². The van der Waals surface area contributed by atoms with Crippen molar-refractivity contribution in [2.24, 2.45) is 5.73 Å². The lowest BCUT2D eigenvalue weighted by Crippen LogP contribution is -2.39. The van der Waals surface area contributed by atoms with Crippen LogP contribution in [0.1, 0.15) is 31.2 Å². The van der Waals surface area contributed by atoms with E-state index in [9.17, 15) is 4.39 Å². The number of halogens is 1. The summed E-state index contributed by atoms with van der Waals surface area (Å²) in [5.41, 5.74) is 7.29. The zero-order valence-corrected chi connectivity index (χ0v) is 11.1. The van der Waals surface area contributed by atoms with Crippen LogP contribution in [0, 0.1) is 0 Å². The van der Waals surface area contributed by atoms with Crippen molar-refractivity contribution < 1.29 is 4.39 Å². The molecule has 2 N–H and O–H groups in total. The molecule has 2 heteroatoms. The quantitative estimate of drug-likeness (QED) is 0.866. The summed E-state index contributed by atoms with van der Waals surface area (Å²) >= 11 is 0. The van der Waals surface area contributed by atoms with Crippen LogP contribution in [0.25, 0.3) is 10.8 Å². The van der Waals surface area contributed by atoms with Crippen LogP contribution in [0.5, 0.6) is 0 Å². The second-order valence-corrected chi connectivity index (χ2v) is 5.72. The highest BCUT2D eigenvalue weighted by Crippen LogP contribution is 2.40. The normalized spacial score (nSPS) is 27.6. The Morgan fingerprint density at radius 1 is 1.05 bits per heavy atom. The van der Waals surface area contributed by atoms with Crippen LogP contribution in [-0.4, -0.2) is 12.7 Å². The van der Waals surface area contributed by atoms with E-state index in [2.05, 4.69) is 42.5 Å². The Bertz CT molecular complexity index is 570. The largest absolute Gasteiger partial charge is 0.330 e. The third-order valence-electron chi connectivity index (χ3n) is 4.62. The molecule has 2 aromatic carbocycles. The van der Waals surface area contributed by atoms with E-state index in [1.807, 2.05) is 0 Å². The molecule has 2 aromatic rings. The van der Waals surface area contributed by atoms with Crippen LogP contribution in [0.4, 0.5) is 4.39 Å². The van der Waals surface area contributed by atoms with Crippen molar-refractivity contribution >= 4 is 10.8 Å². The van der Waals surface area contributed by atoms with Crippen LogP contribution in [0.15, 0.2) is 42.5 Å². The van der Waals surface area contributed by atoms with Crippen LogP contribution < -0.4 is 5.73 Å². The molecule has 0 aliphatic heterocycles. The summed E-state index contributed by atoms with van der Waals surface area (Å²) in [5.74, 6) is 0. The molecule has 19 heavy (non-hydrogen) atoms. The Balaban J connectivity index is 2.01. The smallest absolute Gasteiger partial charge is 0.100 e. The summed E-state index contributed by atoms with van der Waals surface area (Å²) in [6, 6.07) is 14.9. The van der Waals surface area contributed by atoms with Crippen LogP contribution >= 0.6 is 0 Å². The van der Waals surface area contributed by atoms with Gasteiger partial charge in [-0.2, -0.15) is 0 Å². The number of alkyl halides is 1. The van der Waals surface area contributed by atoms with Gasteiger partial charge in [-0.15, -0.1) is 0 Å². The van der Waals surface area contributed by atoms with Crippen molar-refractivity contribution in [1.29, 1.82) is 0 Å². The fourth-order valence-electron chi connectivity index (χ4n) is 3.27. The molecule has 1 nitrogen and oxygen atoms in total. The second-order valence-electron chi connectivity index (χ2n) is 5.72. The average Bonchev–Trinajstić information content (AvgIpc) is 2.48. The van der Waals surface area contributed by atoms with E-state index in [-0.39, 0.29) is 5.41 Å². The van der Waals surface area contributed by atoms with Gasteiger partial charge in [0.2, 0.25) is 0 Å². The molecule has 1 aliphatic carbocycles. The molecule has 100 valence electrons. The molecule has 0 saturated heterocycles. The number of rotatable bonds is 2. The summed E-state index contributed by atoms with van der Waals surface area (Å²) in [7, 11) is 0. The summed E-state index contributed by atoms with van der Waals surface area (Å²) < 4.78 is 13.4. The highest BCUT2D eigenvalue weighted by atomic mass is 19.1. The van der Waals surface area contributed by atoms with Gasteiger partial charge in [0.05, 0.1) is 0 Å². The van der Waals surface area contributed by atoms with E-state index in [1.165, 1.54) is 16.3 Å². The van der Waals surface area contributed by atoms with E-state index in [0.717, 1.165) is 12.8 Å². The van der Waals surface area contributed by atoms with Gasteiger partial charge in [0.1, 0.15) is 6.17 Å². The monoisotopic (exact) mass is 257 g/mol. The maximum Gasteiger partial charge on any atom is 0.100 e. The molecule has 0 aromatic heterocycles. The van der Waals surface area contributed by atoms with E-state index in [4.69, 9.17) is 5.73 Å². The van der Waals surface area contributed by atoms with Crippen molar-refractivity contribution in [2.75, 3.05) is 6.54 Å². The van der Waals surface area contributed by atoms with Gasteiger partial charge in [0.15, 0.2) is 0 Å². The molecule has 1 aliphatic rings. The zero-order valence-electron chi connectivity index (χ0n) is 11.1. The number of hydrogen-bond acceptors (Lipinski definition) is 1. The number of benzene rings is 2. The predicted molar refractivity (Wildman–Crippen MR) is 78.0 cm³/mol. The molecular formula is C17H20FN. The fourth-order valence-corrected chi connectivity index (χ4v) is 3.27. The molecule has 3 rings (SSSR count). The molecule has 1 fully saturated rings. The molecule has 0 atom stereocenters. The Labute approximate surface area is 113 Å². The number of fused-ring (bicyclic) bond motifs is 1. The molecule has 0 spiro atoms. The maximum atomic E-state index is 13.4. The van der Waals surface area contributed by atoms with Crippen molar-refractivity contribution in [1.82, 2.24) is 0 Å². The molecule has 0 amide bonds. The van der Waals surface area contributed by atoms with Gasteiger partial charge in [0, 0.05) is 12.0 Å². The number of hydrogen-bond donors (Lipinski definition) is 1. The lowest BCUT2D eigenvalue weighted by molar-refractivity contribution is 0.184. The van der Waals surface area contributed by atoms with Crippen LogP contribution in [0.2, 0.25) is 0 Å². The minimum absolute atomic E-state index is 0.0212. The van der Waals surface area contributed by atoms with Gasteiger partial charge in [-0.05, 0) is 42.0 Å². The summed E-state index contributed by atoms with van der Waals surface area (Å²) in [4.78, 5) is 0. The molecule has 0 bridgehead atoms. The summed E-state index contributed by atoms with van der Waals surface area (Å²) in [5, 5.41) is 2.49. The topological polar surface area (TPSA) is 26.0 Å². The average molecular weight is 257 g/mol. The highest BCUT2D eigenvalue weighted by Gasteiger charge is 2.35. The van der Waals surface area contributed by atoms with Gasteiger partial charge < -0.3 is 5.73 Å². The van der Waals surface area contributed by atoms with E-state index >= 15 is 0 Å². The Kier molecular flexibility index (Phi) is 3.28.